The van der Waals surface area contributed by atoms with Crippen molar-refractivity contribution in [3.05, 3.63) is 51.9 Å². The lowest BCUT2D eigenvalue weighted by atomic mass is 10.1. The van der Waals surface area contributed by atoms with E-state index in [1.54, 1.807) is 4.90 Å². The smallest absolute Gasteiger partial charge is 0.261 e. The number of morpholine rings is 1. The van der Waals surface area contributed by atoms with Crippen molar-refractivity contribution in [2.45, 2.75) is 18.9 Å². The number of pyridine rings is 2. The maximum atomic E-state index is 15.4. The minimum atomic E-state index is -0.565. The number of carbonyl (C=O) groups is 1. The number of para-hydroxylation sites is 2. The summed E-state index contributed by atoms with van der Waals surface area (Å²) in [7, 11) is 1.86. The van der Waals surface area contributed by atoms with Gasteiger partial charge in [-0.1, -0.05) is 12.1 Å². The number of piperazine rings is 1. The molecule has 7 rings (SSSR count). The van der Waals surface area contributed by atoms with Crippen LogP contribution in [-0.2, 0) is 11.8 Å². The zero-order valence-corrected chi connectivity index (χ0v) is 20.8. The molecule has 10 heteroatoms. The molecule has 0 saturated carbocycles. The highest BCUT2D eigenvalue weighted by Crippen LogP contribution is 2.30. The molecule has 9 nitrogen and oxygen atoms in total. The standard InChI is InChI=1S/C27H29FN6O3/c1-30-20-6-2-3-7-21(20)34-24-18(15-19(28)25(29-24)32-11-13-37-14-12-32)23(35)22(26(30)34)27(36)33-10-9-31-8-4-5-17(31)16-33/h2-3,6-7,15,17H,4-5,8-14,16H2,1H3. The van der Waals surface area contributed by atoms with Gasteiger partial charge in [0.05, 0.1) is 29.6 Å². The molecule has 4 aromatic rings. The molecule has 1 aromatic carbocycles. The first kappa shape index (κ1) is 22.7. The van der Waals surface area contributed by atoms with Crippen molar-refractivity contribution in [2.75, 3.05) is 57.4 Å². The summed E-state index contributed by atoms with van der Waals surface area (Å²) in [6, 6.07) is 9.33. The summed E-state index contributed by atoms with van der Waals surface area (Å²) in [5, 5.41) is 0.117. The second-order valence-corrected chi connectivity index (χ2v) is 10.3. The molecule has 0 bridgehead atoms. The molecular weight excluding hydrogens is 475 g/mol. The van der Waals surface area contributed by atoms with Gasteiger partial charge in [0.15, 0.2) is 17.3 Å². The molecule has 6 heterocycles. The Morgan fingerprint density at radius 1 is 1.08 bits per heavy atom. The number of ether oxygens (including phenoxy) is 1. The number of fused-ring (bicyclic) bond motifs is 6. The first-order valence-corrected chi connectivity index (χ1v) is 13.0. The number of halogens is 1. The average molecular weight is 505 g/mol. The lowest BCUT2D eigenvalue weighted by Gasteiger charge is -2.37. The van der Waals surface area contributed by atoms with Gasteiger partial charge in [-0.3, -0.25) is 18.9 Å². The number of aromatic nitrogens is 3. The highest BCUT2D eigenvalue weighted by Gasteiger charge is 2.35. The van der Waals surface area contributed by atoms with Crippen molar-refractivity contribution in [1.29, 1.82) is 0 Å². The van der Waals surface area contributed by atoms with Crippen LogP contribution in [0.2, 0.25) is 0 Å². The Kier molecular flexibility index (Phi) is 5.23. The van der Waals surface area contributed by atoms with E-state index < -0.39 is 11.2 Å². The lowest BCUT2D eigenvalue weighted by molar-refractivity contribution is 0.0571. The summed E-state index contributed by atoms with van der Waals surface area (Å²) >= 11 is 0. The monoisotopic (exact) mass is 504 g/mol. The lowest BCUT2D eigenvalue weighted by Crippen LogP contribution is -2.52. The fourth-order valence-electron chi connectivity index (χ4n) is 6.38. The van der Waals surface area contributed by atoms with Crippen molar-refractivity contribution < 1.29 is 13.9 Å². The molecule has 37 heavy (non-hydrogen) atoms. The van der Waals surface area contributed by atoms with Gasteiger partial charge in [0, 0.05) is 45.8 Å². The maximum absolute atomic E-state index is 15.4. The molecule has 3 aliphatic rings. The van der Waals surface area contributed by atoms with Gasteiger partial charge in [-0.05, 0) is 37.6 Å². The van der Waals surface area contributed by atoms with Gasteiger partial charge in [0.1, 0.15) is 11.2 Å². The van der Waals surface area contributed by atoms with Gasteiger partial charge in [0.25, 0.3) is 5.91 Å². The van der Waals surface area contributed by atoms with Crippen molar-refractivity contribution in [2.24, 2.45) is 7.05 Å². The van der Waals surface area contributed by atoms with E-state index in [2.05, 4.69) is 4.90 Å². The number of benzene rings is 1. The second-order valence-electron chi connectivity index (χ2n) is 10.3. The summed E-state index contributed by atoms with van der Waals surface area (Å²) in [5.41, 5.74) is 2.13. The number of amides is 1. The minimum Gasteiger partial charge on any atom is -0.378 e. The number of rotatable bonds is 2. The number of hydrogen-bond donors (Lipinski definition) is 0. The Bertz CT molecular complexity index is 1620. The van der Waals surface area contributed by atoms with Crippen LogP contribution in [0.15, 0.2) is 35.1 Å². The molecule has 0 aliphatic carbocycles. The third kappa shape index (κ3) is 3.39. The Balaban J connectivity index is 1.49. The molecule has 3 saturated heterocycles. The largest absolute Gasteiger partial charge is 0.378 e. The molecule has 3 fully saturated rings. The van der Waals surface area contributed by atoms with Crippen molar-refractivity contribution >= 4 is 39.4 Å². The first-order valence-electron chi connectivity index (χ1n) is 13.0. The van der Waals surface area contributed by atoms with Gasteiger partial charge in [0.2, 0.25) is 5.43 Å². The Hall–Kier alpha value is -3.50. The fourth-order valence-corrected chi connectivity index (χ4v) is 6.38. The zero-order valence-electron chi connectivity index (χ0n) is 20.8. The zero-order chi connectivity index (χ0) is 25.3. The van der Waals surface area contributed by atoms with Crippen LogP contribution in [0, 0.1) is 5.82 Å². The van der Waals surface area contributed by atoms with Crippen molar-refractivity contribution in [1.82, 2.24) is 23.8 Å². The van der Waals surface area contributed by atoms with Gasteiger partial charge in [-0.2, -0.15) is 0 Å². The molecular formula is C27H29FN6O3. The van der Waals surface area contributed by atoms with E-state index in [1.165, 1.54) is 6.07 Å². The van der Waals surface area contributed by atoms with Gasteiger partial charge in [-0.15, -0.1) is 0 Å². The number of aryl methyl sites for hydroxylation is 1. The van der Waals surface area contributed by atoms with Gasteiger partial charge < -0.3 is 19.1 Å². The first-order chi connectivity index (χ1) is 18.0. The maximum Gasteiger partial charge on any atom is 0.261 e. The van der Waals surface area contributed by atoms with E-state index in [0.717, 1.165) is 37.0 Å². The highest BCUT2D eigenvalue weighted by molar-refractivity contribution is 6.06. The van der Waals surface area contributed by atoms with Crippen LogP contribution in [0.5, 0.6) is 0 Å². The quantitative estimate of drug-likeness (QED) is 0.417. The number of anilines is 1. The van der Waals surface area contributed by atoms with Gasteiger partial charge in [-0.25, -0.2) is 9.37 Å². The molecule has 1 atom stereocenters. The van der Waals surface area contributed by atoms with Crippen LogP contribution in [-0.4, -0.2) is 88.2 Å². The molecule has 0 N–H and O–H groups in total. The van der Waals surface area contributed by atoms with Crippen molar-refractivity contribution in [3.63, 3.8) is 0 Å². The molecule has 0 spiro atoms. The van der Waals surface area contributed by atoms with E-state index in [0.29, 0.717) is 56.7 Å². The predicted molar refractivity (Wildman–Crippen MR) is 139 cm³/mol. The summed E-state index contributed by atoms with van der Waals surface area (Å²) in [5.74, 6) is -0.655. The summed E-state index contributed by atoms with van der Waals surface area (Å²) in [6.45, 7) is 5.08. The highest BCUT2D eigenvalue weighted by atomic mass is 19.1. The number of carbonyl (C=O) groups excluding carboxylic acids is 1. The van der Waals surface area contributed by atoms with E-state index in [1.807, 2.05) is 45.2 Å². The Labute approximate surface area is 212 Å². The van der Waals surface area contributed by atoms with Crippen LogP contribution in [0.1, 0.15) is 23.2 Å². The molecule has 3 aliphatic heterocycles. The Morgan fingerprint density at radius 2 is 1.86 bits per heavy atom. The second kappa shape index (κ2) is 8.53. The van der Waals surface area contributed by atoms with Gasteiger partial charge >= 0.3 is 0 Å². The van der Waals surface area contributed by atoms with Crippen LogP contribution in [0.3, 0.4) is 0 Å². The molecule has 0 radical (unpaired) electrons. The third-order valence-corrected chi connectivity index (χ3v) is 8.26. The van der Waals surface area contributed by atoms with E-state index in [9.17, 15) is 9.59 Å². The SMILES string of the molecule is Cn1c2ccccc2n2c3nc(N4CCOCC4)c(F)cc3c(=O)c(C(=O)N3CCN4CCCC4C3)c12. The minimum absolute atomic E-state index is 0.0815. The van der Waals surface area contributed by atoms with Crippen molar-refractivity contribution in [3.8, 4) is 0 Å². The third-order valence-electron chi connectivity index (χ3n) is 8.26. The molecule has 1 amide bonds. The Morgan fingerprint density at radius 3 is 2.68 bits per heavy atom. The van der Waals surface area contributed by atoms with Crippen LogP contribution < -0.4 is 10.3 Å². The number of hydrogen-bond acceptors (Lipinski definition) is 6. The number of nitrogens with zero attached hydrogens (tertiary/aromatic N) is 6. The summed E-state index contributed by atoms with van der Waals surface area (Å²) in [4.78, 5) is 38.8. The van der Waals surface area contributed by atoms with Crippen LogP contribution in [0.4, 0.5) is 10.2 Å². The molecule has 1 unspecified atom stereocenters. The molecule has 3 aromatic heterocycles. The van der Waals surface area contributed by atoms with Crippen LogP contribution >= 0.6 is 0 Å². The van der Waals surface area contributed by atoms with E-state index in [-0.39, 0.29) is 22.7 Å². The predicted octanol–water partition coefficient (Wildman–Crippen LogP) is 2.24. The topological polar surface area (TPSA) is 75.3 Å². The van der Waals surface area contributed by atoms with E-state index >= 15 is 4.39 Å². The fraction of sp³-hybridized carbons (Fsp3) is 0.444. The normalized spacial score (nSPS) is 20.9. The molecule has 192 valence electrons. The number of imidazole rings is 1. The van der Waals surface area contributed by atoms with Crippen LogP contribution in [0.25, 0.3) is 27.7 Å². The average Bonchev–Trinajstić information content (AvgIpc) is 3.51. The summed E-state index contributed by atoms with van der Waals surface area (Å²) in [6.07, 6.45) is 2.19. The van der Waals surface area contributed by atoms with E-state index in [4.69, 9.17) is 9.72 Å². The summed E-state index contributed by atoms with van der Waals surface area (Å²) < 4.78 is 24.6.